The maximum Gasteiger partial charge on any atom is 0.293 e. The Hall–Kier alpha value is -2.15. The monoisotopic (exact) mass is 321 g/mol. The first-order valence-corrected chi connectivity index (χ1v) is 7.96. The van der Waals surface area contributed by atoms with E-state index in [1.54, 1.807) is 12.1 Å². The molecule has 126 valence electrons. The first kappa shape index (κ1) is 17.2. The fourth-order valence-electron chi connectivity index (χ4n) is 2.41. The quantitative estimate of drug-likeness (QED) is 0.595. The lowest BCUT2D eigenvalue weighted by Crippen LogP contribution is -2.31. The Morgan fingerprint density at radius 2 is 2.30 bits per heavy atom. The summed E-state index contributed by atoms with van der Waals surface area (Å²) in [5.74, 6) is -0.298. The van der Waals surface area contributed by atoms with E-state index < -0.39 is 4.92 Å². The number of benzene rings is 1. The van der Waals surface area contributed by atoms with Crippen LogP contribution in [-0.4, -0.2) is 36.1 Å². The highest BCUT2D eigenvalue weighted by Crippen LogP contribution is 2.26. The number of nitro benzene ring substituents is 1. The van der Waals surface area contributed by atoms with E-state index in [9.17, 15) is 14.9 Å². The zero-order valence-corrected chi connectivity index (χ0v) is 13.5. The van der Waals surface area contributed by atoms with E-state index in [2.05, 4.69) is 10.6 Å². The maximum absolute atomic E-state index is 12.1. The molecule has 1 saturated heterocycles. The van der Waals surface area contributed by atoms with Crippen LogP contribution in [0.25, 0.3) is 0 Å². The van der Waals surface area contributed by atoms with E-state index >= 15 is 0 Å². The summed E-state index contributed by atoms with van der Waals surface area (Å²) >= 11 is 0. The van der Waals surface area contributed by atoms with Crippen LogP contribution < -0.4 is 10.6 Å². The van der Waals surface area contributed by atoms with E-state index in [1.165, 1.54) is 6.07 Å². The predicted octanol–water partition coefficient (Wildman–Crippen LogP) is 2.71. The number of nitrogens with zero attached hydrogens (tertiary/aromatic N) is 1. The minimum absolute atomic E-state index is 0.0267. The van der Waals surface area contributed by atoms with Crippen LogP contribution >= 0.6 is 0 Å². The van der Waals surface area contributed by atoms with Crippen LogP contribution in [0, 0.1) is 10.1 Å². The van der Waals surface area contributed by atoms with Gasteiger partial charge in [-0.15, -0.1) is 0 Å². The topological polar surface area (TPSA) is 93.5 Å². The van der Waals surface area contributed by atoms with Gasteiger partial charge in [-0.1, -0.05) is 6.92 Å². The molecule has 0 bridgehead atoms. The molecular formula is C16H23N3O4. The largest absolute Gasteiger partial charge is 0.377 e. The van der Waals surface area contributed by atoms with Crippen LogP contribution in [0.1, 0.15) is 43.5 Å². The standard InChI is InChI=1S/C16H23N3O4/c1-3-11(2)18-16(20)12-6-7-14(15(9-12)19(21)22)17-10-13-5-4-8-23-13/h6-7,9,11,13,17H,3-5,8,10H2,1-2H3,(H,18,20)/t11-,13-/m0/s1. The maximum atomic E-state index is 12.1. The van der Waals surface area contributed by atoms with Gasteiger partial charge >= 0.3 is 0 Å². The second-order valence-corrected chi connectivity index (χ2v) is 5.79. The lowest BCUT2D eigenvalue weighted by Gasteiger charge is -2.14. The Balaban J connectivity index is 2.10. The molecule has 1 aromatic rings. The minimum Gasteiger partial charge on any atom is -0.377 e. The molecule has 1 fully saturated rings. The van der Waals surface area contributed by atoms with Gasteiger partial charge in [0.2, 0.25) is 0 Å². The van der Waals surface area contributed by atoms with Gasteiger partial charge in [-0.2, -0.15) is 0 Å². The predicted molar refractivity (Wildman–Crippen MR) is 87.8 cm³/mol. The fraction of sp³-hybridized carbons (Fsp3) is 0.562. The molecule has 0 saturated carbocycles. The first-order chi connectivity index (χ1) is 11.0. The zero-order chi connectivity index (χ0) is 16.8. The summed E-state index contributed by atoms with van der Waals surface area (Å²) < 4.78 is 5.50. The summed E-state index contributed by atoms with van der Waals surface area (Å²) in [7, 11) is 0. The number of carbonyl (C=O) groups excluding carboxylic acids is 1. The van der Waals surface area contributed by atoms with E-state index in [0.29, 0.717) is 17.8 Å². The van der Waals surface area contributed by atoms with Crippen molar-refractivity contribution < 1.29 is 14.5 Å². The number of hydrogen-bond donors (Lipinski definition) is 2. The average Bonchev–Trinajstić information content (AvgIpc) is 3.05. The summed E-state index contributed by atoms with van der Waals surface area (Å²) in [6.07, 6.45) is 2.86. The third-order valence-electron chi connectivity index (χ3n) is 3.99. The molecule has 2 N–H and O–H groups in total. The molecule has 2 atom stereocenters. The highest BCUT2D eigenvalue weighted by atomic mass is 16.6. The van der Waals surface area contributed by atoms with Crippen LogP contribution in [0.2, 0.25) is 0 Å². The lowest BCUT2D eigenvalue weighted by atomic mass is 10.1. The number of anilines is 1. The molecule has 7 heteroatoms. The van der Waals surface area contributed by atoms with Crippen molar-refractivity contribution in [2.75, 3.05) is 18.5 Å². The molecule has 1 aromatic carbocycles. The third kappa shape index (κ3) is 4.66. The van der Waals surface area contributed by atoms with Crippen molar-refractivity contribution in [1.29, 1.82) is 0 Å². The third-order valence-corrected chi connectivity index (χ3v) is 3.99. The molecule has 7 nitrogen and oxygen atoms in total. The summed E-state index contributed by atoms with van der Waals surface area (Å²) in [5, 5.41) is 17.1. The summed E-state index contributed by atoms with van der Waals surface area (Å²) in [6.45, 7) is 5.12. The molecule has 0 spiro atoms. The number of hydrogen-bond acceptors (Lipinski definition) is 5. The Kier molecular flexibility index (Phi) is 5.92. The first-order valence-electron chi connectivity index (χ1n) is 7.96. The van der Waals surface area contributed by atoms with Gasteiger partial charge in [-0.05, 0) is 38.3 Å². The van der Waals surface area contributed by atoms with E-state index in [4.69, 9.17) is 4.74 Å². The van der Waals surface area contributed by atoms with E-state index in [0.717, 1.165) is 25.9 Å². The molecule has 0 aromatic heterocycles. The van der Waals surface area contributed by atoms with Crippen molar-refractivity contribution in [3.8, 4) is 0 Å². The number of ether oxygens (including phenoxy) is 1. The number of amides is 1. The van der Waals surface area contributed by atoms with Crippen LogP contribution in [-0.2, 0) is 4.74 Å². The Morgan fingerprint density at radius 3 is 2.91 bits per heavy atom. The Bertz CT molecular complexity index is 570. The van der Waals surface area contributed by atoms with Gasteiger partial charge in [0.15, 0.2) is 0 Å². The van der Waals surface area contributed by atoms with Crippen molar-refractivity contribution in [2.45, 2.75) is 45.3 Å². The lowest BCUT2D eigenvalue weighted by molar-refractivity contribution is -0.384. The second kappa shape index (κ2) is 7.92. The molecule has 1 amide bonds. The van der Waals surface area contributed by atoms with Gasteiger partial charge in [0, 0.05) is 30.8 Å². The summed E-state index contributed by atoms with van der Waals surface area (Å²) in [6, 6.07) is 4.52. The highest BCUT2D eigenvalue weighted by molar-refractivity contribution is 5.95. The highest BCUT2D eigenvalue weighted by Gasteiger charge is 2.20. The summed E-state index contributed by atoms with van der Waals surface area (Å²) in [4.78, 5) is 22.9. The van der Waals surface area contributed by atoms with Crippen molar-refractivity contribution in [3.63, 3.8) is 0 Å². The second-order valence-electron chi connectivity index (χ2n) is 5.79. The molecule has 1 aliphatic rings. The van der Waals surface area contributed by atoms with E-state index in [1.807, 2.05) is 13.8 Å². The average molecular weight is 321 g/mol. The molecule has 23 heavy (non-hydrogen) atoms. The minimum atomic E-state index is -0.474. The number of carbonyl (C=O) groups is 1. The SMILES string of the molecule is CC[C@H](C)NC(=O)c1ccc(NC[C@@H]2CCCO2)c([N+](=O)[O-])c1. The van der Waals surface area contributed by atoms with Gasteiger partial charge in [0.1, 0.15) is 5.69 Å². The van der Waals surface area contributed by atoms with Gasteiger partial charge in [-0.25, -0.2) is 0 Å². The van der Waals surface area contributed by atoms with Crippen molar-refractivity contribution in [3.05, 3.63) is 33.9 Å². The van der Waals surface area contributed by atoms with Crippen LogP contribution in [0.15, 0.2) is 18.2 Å². The Morgan fingerprint density at radius 1 is 1.52 bits per heavy atom. The van der Waals surface area contributed by atoms with Crippen molar-refractivity contribution >= 4 is 17.3 Å². The number of rotatable bonds is 7. The van der Waals surface area contributed by atoms with Gasteiger partial charge in [0.05, 0.1) is 11.0 Å². The fourth-order valence-corrected chi connectivity index (χ4v) is 2.41. The van der Waals surface area contributed by atoms with Crippen molar-refractivity contribution in [1.82, 2.24) is 5.32 Å². The molecular weight excluding hydrogens is 298 g/mol. The molecule has 0 aliphatic carbocycles. The summed E-state index contributed by atoms with van der Waals surface area (Å²) in [5.41, 5.74) is 0.602. The molecule has 2 rings (SSSR count). The van der Waals surface area contributed by atoms with E-state index in [-0.39, 0.29) is 23.7 Å². The molecule has 1 heterocycles. The zero-order valence-electron chi connectivity index (χ0n) is 13.5. The molecule has 0 radical (unpaired) electrons. The van der Waals surface area contributed by atoms with Crippen LogP contribution in [0.4, 0.5) is 11.4 Å². The smallest absolute Gasteiger partial charge is 0.293 e. The van der Waals surface area contributed by atoms with Gasteiger partial charge < -0.3 is 15.4 Å². The van der Waals surface area contributed by atoms with Gasteiger partial charge in [-0.3, -0.25) is 14.9 Å². The number of nitro groups is 1. The molecule has 1 aliphatic heterocycles. The Labute approximate surface area is 135 Å². The normalized spacial score (nSPS) is 18.4. The van der Waals surface area contributed by atoms with Crippen LogP contribution in [0.5, 0.6) is 0 Å². The number of nitrogens with one attached hydrogen (secondary N) is 2. The van der Waals surface area contributed by atoms with Crippen LogP contribution in [0.3, 0.4) is 0 Å². The van der Waals surface area contributed by atoms with Crippen molar-refractivity contribution in [2.24, 2.45) is 0 Å². The molecule has 0 unspecified atom stereocenters. The van der Waals surface area contributed by atoms with Gasteiger partial charge in [0.25, 0.3) is 11.6 Å².